The van der Waals surface area contributed by atoms with Crippen LogP contribution in [0, 0.1) is 0 Å². The summed E-state index contributed by atoms with van der Waals surface area (Å²) < 4.78 is 10.6. The second-order valence-corrected chi connectivity index (χ2v) is 5.03. The van der Waals surface area contributed by atoms with Crippen LogP contribution < -0.4 is 10.5 Å². The van der Waals surface area contributed by atoms with Crippen LogP contribution in [0.1, 0.15) is 24.5 Å². The number of ether oxygens (including phenoxy) is 1. The van der Waals surface area contributed by atoms with Crippen molar-refractivity contribution in [3.63, 3.8) is 0 Å². The largest absolute Gasteiger partial charge is 0.497 e. The molecular formula is C14H19N3O2. The topological polar surface area (TPSA) is 64.5 Å². The number of piperidine rings is 1. The van der Waals surface area contributed by atoms with E-state index in [2.05, 4.69) is 10.1 Å². The molecule has 19 heavy (non-hydrogen) atoms. The van der Waals surface area contributed by atoms with Crippen LogP contribution >= 0.6 is 0 Å². The van der Waals surface area contributed by atoms with E-state index in [-0.39, 0.29) is 0 Å². The van der Waals surface area contributed by atoms with Crippen molar-refractivity contribution in [1.29, 1.82) is 0 Å². The van der Waals surface area contributed by atoms with Gasteiger partial charge in [-0.1, -0.05) is 5.16 Å². The van der Waals surface area contributed by atoms with Gasteiger partial charge in [0, 0.05) is 30.6 Å². The molecule has 102 valence electrons. The molecule has 1 aliphatic heterocycles. The highest BCUT2D eigenvalue weighted by Crippen LogP contribution is 2.32. The maximum atomic E-state index is 5.73. The van der Waals surface area contributed by atoms with E-state index in [4.69, 9.17) is 15.0 Å². The minimum Gasteiger partial charge on any atom is -0.497 e. The summed E-state index contributed by atoms with van der Waals surface area (Å²) in [6, 6.07) is 5.86. The fourth-order valence-corrected chi connectivity index (χ4v) is 2.80. The number of benzene rings is 1. The van der Waals surface area contributed by atoms with Gasteiger partial charge in [0.1, 0.15) is 5.75 Å². The molecule has 2 aromatic rings. The molecule has 1 aromatic heterocycles. The van der Waals surface area contributed by atoms with Gasteiger partial charge < -0.3 is 15.0 Å². The number of nitrogens with zero attached hydrogens (tertiary/aromatic N) is 2. The molecule has 0 amide bonds. The lowest BCUT2D eigenvalue weighted by atomic mass is 9.93. The number of hydrogen-bond donors (Lipinski definition) is 1. The van der Waals surface area contributed by atoms with Gasteiger partial charge in [-0.2, -0.15) is 0 Å². The Labute approximate surface area is 112 Å². The quantitative estimate of drug-likeness (QED) is 0.914. The number of likely N-dealkylation sites (tertiary alicyclic amines) is 1. The maximum Gasteiger partial charge on any atom is 0.170 e. The SMILES string of the molecule is COc1ccc2c(C3CCCN(CN)C3)noc2c1. The number of hydrogen-bond acceptors (Lipinski definition) is 5. The molecule has 1 unspecified atom stereocenters. The molecule has 0 aliphatic carbocycles. The van der Waals surface area contributed by atoms with Crippen LogP contribution in [-0.2, 0) is 0 Å². The Morgan fingerprint density at radius 2 is 2.42 bits per heavy atom. The monoisotopic (exact) mass is 261 g/mol. The van der Waals surface area contributed by atoms with Crippen LogP contribution in [0.25, 0.3) is 11.0 Å². The molecule has 0 saturated carbocycles. The first-order valence-electron chi connectivity index (χ1n) is 6.67. The van der Waals surface area contributed by atoms with Crippen molar-refractivity contribution < 1.29 is 9.26 Å². The van der Waals surface area contributed by atoms with Crippen molar-refractivity contribution in [2.24, 2.45) is 5.73 Å². The highest BCUT2D eigenvalue weighted by molar-refractivity contribution is 5.81. The molecule has 5 heteroatoms. The molecule has 0 radical (unpaired) electrons. The van der Waals surface area contributed by atoms with Crippen LogP contribution in [-0.4, -0.2) is 36.9 Å². The van der Waals surface area contributed by atoms with Gasteiger partial charge in [0.2, 0.25) is 0 Å². The molecule has 3 rings (SSSR count). The van der Waals surface area contributed by atoms with Gasteiger partial charge in [0.05, 0.1) is 12.8 Å². The summed E-state index contributed by atoms with van der Waals surface area (Å²) in [5.74, 6) is 1.20. The van der Waals surface area contributed by atoms with Crippen LogP contribution in [0.3, 0.4) is 0 Å². The van der Waals surface area contributed by atoms with Crippen molar-refractivity contribution in [2.75, 3.05) is 26.9 Å². The normalized spacial score (nSPS) is 20.8. The molecule has 5 nitrogen and oxygen atoms in total. The van der Waals surface area contributed by atoms with Gasteiger partial charge in [-0.15, -0.1) is 0 Å². The molecule has 2 heterocycles. The Kier molecular flexibility index (Phi) is 3.40. The van der Waals surface area contributed by atoms with Gasteiger partial charge in [0.25, 0.3) is 0 Å². The van der Waals surface area contributed by atoms with Gasteiger partial charge in [-0.05, 0) is 31.5 Å². The van der Waals surface area contributed by atoms with E-state index in [0.29, 0.717) is 12.6 Å². The van der Waals surface area contributed by atoms with E-state index in [1.165, 1.54) is 0 Å². The predicted octanol–water partition coefficient (Wildman–Crippen LogP) is 1.93. The Morgan fingerprint density at radius 1 is 1.53 bits per heavy atom. The number of methoxy groups -OCH3 is 1. The average Bonchev–Trinajstić information content (AvgIpc) is 2.90. The number of rotatable bonds is 3. The number of aromatic nitrogens is 1. The predicted molar refractivity (Wildman–Crippen MR) is 73.2 cm³/mol. The zero-order chi connectivity index (χ0) is 13.2. The van der Waals surface area contributed by atoms with E-state index in [9.17, 15) is 0 Å². The molecule has 2 N–H and O–H groups in total. The lowest BCUT2D eigenvalue weighted by Crippen LogP contribution is -2.38. The fourth-order valence-electron chi connectivity index (χ4n) is 2.80. The fraction of sp³-hybridized carbons (Fsp3) is 0.500. The van der Waals surface area contributed by atoms with Gasteiger partial charge in [0.15, 0.2) is 5.58 Å². The lowest BCUT2D eigenvalue weighted by molar-refractivity contribution is 0.209. The summed E-state index contributed by atoms with van der Waals surface area (Å²) in [6.45, 7) is 2.65. The highest BCUT2D eigenvalue weighted by Gasteiger charge is 2.25. The first-order valence-corrected chi connectivity index (χ1v) is 6.67. The molecular weight excluding hydrogens is 242 g/mol. The number of fused-ring (bicyclic) bond motifs is 1. The van der Waals surface area contributed by atoms with Crippen LogP contribution in [0.5, 0.6) is 5.75 Å². The van der Waals surface area contributed by atoms with E-state index >= 15 is 0 Å². The Bertz CT molecular complexity index is 567. The van der Waals surface area contributed by atoms with Crippen molar-refractivity contribution in [3.8, 4) is 5.75 Å². The molecule has 1 atom stereocenters. The first-order chi connectivity index (χ1) is 9.31. The van der Waals surface area contributed by atoms with Crippen molar-refractivity contribution in [2.45, 2.75) is 18.8 Å². The minimum atomic E-state index is 0.409. The third-order valence-corrected chi connectivity index (χ3v) is 3.86. The van der Waals surface area contributed by atoms with Crippen molar-refractivity contribution >= 4 is 11.0 Å². The highest BCUT2D eigenvalue weighted by atomic mass is 16.5. The molecule has 0 spiro atoms. The lowest BCUT2D eigenvalue weighted by Gasteiger charge is -2.30. The van der Waals surface area contributed by atoms with E-state index in [1.54, 1.807) is 7.11 Å². The van der Waals surface area contributed by atoms with Gasteiger partial charge >= 0.3 is 0 Å². The third kappa shape index (κ3) is 2.31. The summed E-state index contributed by atoms with van der Waals surface area (Å²) in [5, 5.41) is 5.35. The molecule has 1 fully saturated rings. The van der Waals surface area contributed by atoms with Gasteiger partial charge in [-0.25, -0.2) is 0 Å². The van der Waals surface area contributed by atoms with Crippen LogP contribution in [0.15, 0.2) is 22.7 Å². The van der Waals surface area contributed by atoms with Gasteiger partial charge in [-0.3, -0.25) is 4.90 Å². The molecule has 1 aromatic carbocycles. The Balaban J connectivity index is 1.92. The summed E-state index contributed by atoms with van der Waals surface area (Å²) in [7, 11) is 1.65. The third-order valence-electron chi connectivity index (χ3n) is 3.86. The summed E-state index contributed by atoms with van der Waals surface area (Å²) in [4.78, 5) is 2.26. The Hall–Kier alpha value is -1.59. The standard InChI is InChI=1S/C14H19N3O2/c1-18-11-4-5-12-13(7-11)19-16-14(12)10-3-2-6-17(8-10)9-15/h4-5,7,10H,2-3,6,8-9,15H2,1H3. The second-order valence-electron chi connectivity index (χ2n) is 5.03. The molecule has 0 bridgehead atoms. The Morgan fingerprint density at radius 3 is 3.21 bits per heavy atom. The maximum absolute atomic E-state index is 5.73. The zero-order valence-electron chi connectivity index (χ0n) is 11.1. The zero-order valence-corrected chi connectivity index (χ0v) is 11.1. The van der Waals surface area contributed by atoms with Crippen LogP contribution in [0.4, 0.5) is 0 Å². The minimum absolute atomic E-state index is 0.409. The average molecular weight is 261 g/mol. The van der Waals surface area contributed by atoms with Crippen molar-refractivity contribution in [1.82, 2.24) is 10.1 Å². The first kappa shape index (κ1) is 12.4. The summed E-state index contributed by atoms with van der Waals surface area (Å²) in [6.07, 6.45) is 2.30. The van der Waals surface area contributed by atoms with E-state index in [1.807, 2.05) is 18.2 Å². The smallest absolute Gasteiger partial charge is 0.170 e. The number of nitrogens with two attached hydrogens (primary N) is 1. The summed E-state index contributed by atoms with van der Waals surface area (Å²) in [5.41, 5.74) is 7.58. The molecule has 1 saturated heterocycles. The second kappa shape index (κ2) is 5.19. The van der Waals surface area contributed by atoms with E-state index < -0.39 is 0 Å². The van der Waals surface area contributed by atoms with E-state index in [0.717, 1.165) is 48.3 Å². The summed E-state index contributed by atoms with van der Waals surface area (Å²) >= 11 is 0. The molecule has 1 aliphatic rings. The van der Waals surface area contributed by atoms with Crippen molar-refractivity contribution in [3.05, 3.63) is 23.9 Å². The van der Waals surface area contributed by atoms with Crippen LogP contribution in [0.2, 0.25) is 0 Å².